The highest BCUT2D eigenvalue weighted by Gasteiger charge is 2.13. The fourth-order valence-electron chi connectivity index (χ4n) is 3.55. The highest BCUT2D eigenvalue weighted by atomic mass is 35.5. The Bertz CT molecular complexity index is 1150. The van der Waals surface area contributed by atoms with Gasteiger partial charge in [-0.15, -0.1) is 15.3 Å². The van der Waals surface area contributed by atoms with Gasteiger partial charge in [-0.3, -0.25) is 0 Å². The third-order valence-corrected chi connectivity index (χ3v) is 5.36. The maximum atomic E-state index is 6.07. The average Bonchev–Trinajstić information content (AvgIpc) is 3.22. The van der Waals surface area contributed by atoms with Crippen molar-refractivity contribution >= 4 is 28.8 Å². The molecule has 152 valence electrons. The Labute approximate surface area is 179 Å². The van der Waals surface area contributed by atoms with Crippen LogP contribution in [0.1, 0.15) is 5.56 Å². The number of anilines is 2. The maximum Gasteiger partial charge on any atom is 0.185 e. The predicted octanol–water partition coefficient (Wildman–Crippen LogP) is 3.89. The van der Waals surface area contributed by atoms with E-state index in [9.17, 15) is 0 Å². The van der Waals surface area contributed by atoms with E-state index in [-0.39, 0.29) is 0 Å². The molecule has 5 rings (SSSR count). The number of hydrogen-bond donors (Lipinski definition) is 1. The standard InChI is InChI=1S/C22H21ClN6O/c23-18-3-1-2-16(14-18)15-24-20-8-9-21-25-26-22(29(21)27-20)17-4-6-19(7-5-17)28-10-12-30-13-11-28/h1-9,14H,10-13,15H2,(H,24,27). The predicted molar refractivity (Wildman–Crippen MR) is 118 cm³/mol. The summed E-state index contributed by atoms with van der Waals surface area (Å²) in [5.74, 6) is 1.46. The second-order valence-electron chi connectivity index (χ2n) is 7.14. The number of hydrogen-bond acceptors (Lipinski definition) is 6. The molecule has 2 aromatic carbocycles. The molecular formula is C22H21ClN6O. The second kappa shape index (κ2) is 8.30. The van der Waals surface area contributed by atoms with Crippen LogP contribution in [0.4, 0.5) is 11.5 Å². The van der Waals surface area contributed by atoms with Crippen LogP contribution < -0.4 is 10.2 Å². The summed E-state index contributed by atoms with van der Waals surface area (Å²) in [6.07, 6.45) is 0. The zero-order valence-corrected chi connectivity index (χ0v) is 17.1. The van der Waals surface area contributed by atoms with Crippen LogP contribution in [0, 0.1) is 0 Å². The van der Waals surface area contributed by atoms with Crippen molar-refractivity contribution < 1.29 is 4.74 Å². The molecule has 1 fully saturated rings. The third-order valence-electron chi connectivity index (χ3n) is 5.13. The molecule has 0 amide bonds. The van der Waals surface area contributed by atoms with Crippen molar-refractivity contribution in [1.82, 2.24) is 19.8 Å². The number of morpholine rings is 1. The van der Waals surface area contributed by atoms with Crippen LogP contribution >= 0.6 is 11.6 Å². The summed E-state index contributed by atoms with van der Waals surface area (Å²) >= 11 is 6.07. The summed E-state index contributed by atoms with van der Waals surface area (Å²) in [6.45, 7) is 3.99. The SMILES string of the molecule is Clc1cccc(CNc2ccc3nnc(-c4ccc(N5CCOCC5)cc4)n3n2)c1. The van der Waals surface area contributed by atoms with Gasteiger partial charge in [0.2, 0.25) is 0 Å². The van der Waals surface area contributed by atoms with E-state index in [2.05, 4.69) is 49.8 Å². The van der Waals surface area contributed by atoms with Crippen molar-refractivity contribution in [2.75, 3.05) is 36.5 Å². The fraction of sp³-hybridized carbons (Fsp3) is 0.227. The summed E-state index contributed by atoms with van der Waals surface area (Å²) < 4.78 is 7.20. The molecule has 2 aromatic heterocycles. The minimum Gasteiger partial charge on any atom is -0.378 e. The zero-order chi connectivity index (χ0) is 20.3. The molecule has 0 atom stereocenters. The van der Waals surface area contributed by atoms with Crippen LogP contribution in [0.5, 0.6) is 0 Å². The third kappa shape index (κ3) is 3.94. The van der Waals surface area contributed by atoms with E-state index in [1.165, 1.54) is 5.69 Å². The van der Waals surface area contributed by atoms with Gasteiger partial charge in [-0.1, -0.05) is 23.7 Å². The Balaban J connectivity index is 1.37. The number of aromatic nitrogens is 4. The quantitative estimate of drug-likeness (QED) is 0.528. The largest absolute Gasteiger partial charge is 0.378 e. The number of ether oxygens (including phenoxy) is 1. The van der Waals surface area contributed by atoms with Crippen LogP contribution in [0.2, 0.25) is 5.02 Å². The zero-order valence-electron chi connectivity index (χ0n) is 16.3. The molecule has 1 N–H and O–H groups in total. The average molecular weight is 421 g/mol. The molecular weight excluding hydrogens is 400 g/mol. The van der Waals surface area contributed by atoms with E-state index < -0.39 is 0 Å². The molecule has 8 heteroatoms. The summed E-state index contributed by atoms with van der Waals surface area (Å²) in [5.41, 5.74) is 3.95. The van der Waals surface area contributed by atoms with Crippen LogP contribution in [-0.2, 0) is 11.3 Å². The Morgan fingerprint density at radius 1 is 0.967 bits per heavy atom. The van der Waals surface area contributed by atoms with Crippen molar-refractivity contribution in [1.29, 1.82) is 0 Å². The topological polar surface area (TPSA) is 67.6 Å². The molecule has 0 saturated carbocycles. The summed E-state index contributed by atoms with van der Waals surface area (Å²) in [7, 11) is 0. The Kier molecular flexibility index (Phi) is 5.21. The van der Waals surface area contributed by atoms with Crippen molar-refractivity contribution in [3.05, 3.63) is 71.2 Å². The van der Waals surface area contributed by atoms with Gasteiger partial charge >= 0.3 is 0 Å². The molecule has 30 heavy (non-hydrogen) atoms. The van der Waals surface area contributed by atoms with Crippen LogP contribution in [0.3, 0.4) is 0 Å². The molecule has 0 aliphatic carbocycles. The molecule has 1 aliphatic heterocycles. The first kappa shape index (κ1) is 18.8. The van der Waals surface area contributed by atoms with Gasteiger partial charge in [-0.2, -0.15) is 4.52 Å². The molecule has 3 heterocycles. The second-order valence-corrected chi connectivity index (χ2v) is 7.58. The van der Waals surface area contributed by atoms with Crippen LogP contribution in [0.15, 0.2) is 60.7 Å². The Morgan fingerprint density at radius 2 is 1.80 bits per heavy atom. The highest BCUT2D eigenvalue weighted by molar-refractivity contribution is 6.30. The molecule has 0 unspecified atom stereocenters. The van der Waals surface area contributed by atoms with Gasteiger partial charge < -0.3 is 15.0 Å². The molecule has 0 bridgehead atoms. The molecule has 0 spiro atoms. The number of halogens is 1. The van der Waals surface area contributed by atoms with Crippen molar-refractivity contribution in [2.24, 2.45) is 0 Å². The molecule has 0 radical (unpaired) electrons. The number of nitrogens with zero attached hydrogens (tertiary/aromatic N) is 5. The van der Waals surface area contributed by atoms with Gasteiger partial charge in [-0.25, -0.2) is 0 Å². The van der Waals surface area contributed by atoms with Gasteiger partial charge in [0.25, 0.3) is 0 Å². The number of fused-ring (bicyclic) bond motifs is 1. The normalized spacial score (nSPS) is 14.2. The monoisotopic (exact) mass is 420 g/mol. The van der Waals surface area contributed by atoms with Crippen LogP contribution in [-0.4, -0.2) is 46.1 Å². The molecule has 4 aromatic rings. The van der Waals surface area contributed by atoms with Gasteiger partial charge in [0, 0.05) is 35.9 Å². The highest BCUT2D eigenvalue weighted by Crippen LogP contribution is 2.23. The Hall–Kier alpha value is -3.16. The minimum absolute atomic E-state index is 0.630. The van der Waals surface area contributed by atoms with E-state index in [0.717, 1.165) is 48.3 Å². The Morgan fingerprint density at radius 3 is 2.60 bits per heavy atom. The lowest BCUT2D eigenvalue weighted by atomic mass is 10.2. The van der Waals surface area contributed by atoms with Crippen LogP contribution in [0.25, 0.3) is 17.0 Å². The molecule has 1 saturated heterocycles. The lowest BCUT2D eigenvalue weighted by Gasteiger charge is -2.28. The van der Waals surface area contributed by atoms with E-state index >= 15 is 0 Å². The summed E-state index contributed by atoms with van der Waals surface area (Å²) in [5, 5.41) is 17.3. The molecule has 7 nitrogen and oxygen atoms in total. The minimum atomic E-state index is 0.630. The van der Waals surface area contributed by atoms with E-state index in [4.69, 9.17) is 16.3 Å². The van der Waals surface area contributed by atoms with Gasteiger partial charge in [0.15, 0.2) is 11.5 Å². The molecule has 1 aliphatic rings. The first-order chi connectivity index (χ1) is 14.8. The number of benzene rings is 2. The maximum absolute atomic E-state index is 6.07. The van der Waals surface area contributed by atoms with E-state index in [1.807, 2.05) is 36.4 Å². The number of nitrogens with one attached hydrogen (secondary N) is 1. The first-order valence-electron chi connectivity index (χ1n) is 9.90. The first-order valence-corrected chi connectivity index (χ1v) is 10.3. The lowest BCUT2D eigenvalue weighted by Crippen LogP contribution is -2.36. The van der Waals surface area contributed by atoms with E-state index in [0.29, 0.717) is 18.0 Å². The van der Waals surface area contributed by atoms with Crippen molar-refractivity contribution in [3.8, 4) is 11.4 Å². The van der Waals surface area contributed by atoms with Gasteiger partial charge in [0.1, 0.15) is 5.82 Å². The van der Waals surface area contributed by atoms with Gasteiger partial charge in [-0.05, 0) is 54.1 Å². The number of rotatable bonds is 5. The van der Waals surface area contributed by atoms with Crippen molar-refractivity contribution in [2.45, 2.75) is 6.54 Å². The summed E-state index contributed by atoms with van der Waals surface area (Å²) in [6, 6.07) is 19.9. The lowest BCUT2D eigenvalue weighted by molar-refractivity contribution is 0.122. The van der Waals surface area contributed by atoms with Gasteiger partial charge in [0.05, 0.1) is 13.2 Å². The smallest absolute Gasteiger partial charge is 0.185 e. The fourth-order valence-corrected chi connectivity index (χ4v) is 3.76. The van der Waals surface area contributed by atoms with E-state index in [1.54, 1.807) is 4.52 Å². The van der Waals surface area contributed by atoms with Crippen molar-refractivity contribution in [3.63, 3.8) is 0 Å². The summed E-state index contributed by atoms with van der Waals surface area (Å²) in [4.78, 5) is 2.32.